The third-order valence-corrected chi connectivity index (χ3v) is 6.75. The van der Waals surface area contributed by atoms with Crippen molar-refractivity contribution < 1.29 is 17.2 Å². The summed E-state index contributed by atoms with van der Waals surface area (Å²) < 4.78 is 46.7. The Morgan fingerprint density at radius 2 is 1.53 bits per heavy atom. The Kier molecular flexibility index (Phi) is 5.24. The summed E-state index contributed by atoms with van der Waals surface area (Å²) in [6.07, 6.45) is 0. The molecule has 0 spiro atoms. The van der Waals surface area contributed by atoms with Crippen LogP contribution in [0.25, 0.3) is 11.0 Å². The molecule has 5 nitrogen and oxygen atoms in total. The molecule has 0 aliphatic rings. The molecule has 152 valence electrons. The van der Waals surface area contributed by atoms with Crippen LogP contribution in [0.3, 0.4) is 0 Å². The van der Waals surface area contributed by atoms with Crippen LogP contribution in [0.5, 0.6) is 0 Å². The van der Waals surface area contributed by atoms with E-state index in [0.29, 0.717) is 16.5 Å². The first kappa shape index (κ1) is 20.0. The molecule has 0 aliphatic heterocycles. The normalized spacial score (nSPS) is 12.9. The van der Waals surface area contributed by atoms with Crippen molar-refractivity contribution >= 4 is 21.0 Å². The Morgan fingerprint density at radius 3 is 2.23 bits per heavy atom. The molecule has 0 aliphatic carbocycles. The van der Waals surface area contributed by atoms with Crippen molar-refractivity contribution in [3.8, 4) is 0 Å². The van der Waals surface area contributed by atoms with Crippen molar-refractivity contribution in [1.82, 2.24) is 4.31 Å². The number of nitrogens with zero attached hydrogens (tertiary/aromatic N) is 1. The lowest BCUT2D eigenvalue weighted by Gasteiger charge is -2.28. The highest BCUT2D eigenvalue weighted by molar-refractivity contribution is 7.89. The van der Waals surface area contributed by atoms with Gasteiger partial charge in [0.05, 0.1) is 10.9 Å². The number of fused-ring (bicyclic) bond motifs is 1. The molecule has 1 aromatic heterocycles. The van der Waals surface area contributed by atoms with Crippen LogP contribution in [-0.2, 0) is 10.0 Å². The molecule has 1 heterocycles. The van der Waals surface area contributed by atoms with Crippen molar-refractivity contribution in [3.63, 3.8) is 0 Å². The van der Waals surface area contributed by atoms with E-state index in [2.05, 4.69) is 0 Å². The molecular weight excluding hydrogens is 405 g/mol. The zero-order chi connectivity index (χ0) is 21.3. The van der Waals surface area contributed by atoms with Gasteiger partial charge >= 0.3 is 5.63 Å². The minimum absolute atomic E-state index is 0.0643. The van der Waals surface area contributed by atoms with Crippen LogP contribution in [0.15, 0.2) is 99.0 Å². The van der Waals surface area contributed by atoms with Crippen molar-refractivity contribution in [2.24, 2.45) is 0 Å². The summed E-state index contributed by atoms with van der Waals surface area (Å²) in [5, 5.41) is 0.502. The van der Waals surface area contributed by atoms with E-state index in [9.17, 15) is 17.6 Å². The fraction of sp³-hybridized carbons (Fsp3) is 0.0870. The van der Waals surface area contributed by atoms with Crippen molar-refractivity contribution in [2.45, 2.75) is 10.9 Å². The minimum atomic E-state index is -3.93. The minimum Gasteiger partial charge on any atom is -0.423 e. The SMILES string of the molecule is CN([C@@H](c1ccccc1)c1ccc(F)cc1)S(=O)(=O)c1ccc2oc(=O)ccc2c1. The van der Waals surface area contributed by atoms with Gasteiger partial charge in [0.25, 0.3) is 0 Å². The van der Waals surface area contributed by atoms with Gasteiger partial charge in [-0.3, -0.25) is 0 Å². The van der Waals surface area contributed by atoms with E-state index >= 15 is 0 Å². The quantitative estimate of drug-likeness (QED) is 0.448. The van der Waals surface area contributed by atoms with Crippen LogP contribution in [0.1, 0.15) is 17.2 Å². The van der Waals surface area contributed by atoms with Crippen molar-refractivity contribution in [1.29, 1.82) is 0 Å². The van der Waals surface area contributed by atoms with Gasteiger partial charge in [-0.25, -0.2) is 17.6 Å². The second kappa shape index (κ2) is 7.85. The summed E-state index contributed by atoms with van der Waals surface area (Å²) in [5.74, 6) is -0.396. The van der Waals surface area contributed by atoms with E-state index in [1.165, 1.54) is 53.8 Å². The van der Waals surface area contributed by atoms with Crippen LogP contribution in [0, 0.1) is 5.82 Å². The lowest BCUT2D eigenvalue weighted by Crippen LogP contribution is -2.32. The molecule has 30 heavy (non-hydrogen) atoms. The maximum atomic E-state index is 13.5. The molecule has 3 aromatic carbocycles. The number of hydrogen-bond acceptors (Lipinski definition) is 4. The molecule has 4 aromatic rings. The first-order chi connectivity index (χ1) is 14.4. The van der Waals surface area contributed by atoms with Crippen molar-refractivity contribution in [2.75, 3.05) is 7.05 Å². The van der Waals surface area contributed by atoms with E-state index in [1.807, 2.05) is 30.3 Å². The van der Waals surface area contributed by atoms with E-state index in [0.717, 1.165) is 5.56 Å². The molecule has 0 saturated heterocycles. The molecule has 0 unspecified atom stereocenters. The maximum Gasteiger partial charge on any atom is 0.336 e. The summed E-state index contributed by atoms with van der Waals surface area (Å²) in [6, 6.07) is 21.4. The fourth-order valence-corrected chi connectivity index (χ4v) is 4.78. The third-order valence-electron chi connectivity index (χ3n) is 4.93. The average molecular weight is 423 g/mol. The van der Waals surface area contributed by atoms with Gasteiger partial charge in [-0.2, -0.15) is 4.31 Å². The number of halogens is 1. The monoisotopic (exact) mass is 423 g/mol. The molecule has 0 N–H and O–H groups in total. The van der Waals surface area contributed by atoms with Gasteiger partial charge in [0, 0.05) is 18.5 Å². The predicted molar refractivity (Wildman–Crippen MR) is 112 cm³/mol. The highest BCUT2D eigenvalue weighted by Gasteiger charge is 2.30. The Morgan fingerprint density at radius 1 is 0.867 bits per heavy atom. The topological polar surface area (TPSA) is 67.6 Å². The number of benzene rings is 3. The molecule has 1 atom stereocenters. The smallest absolute Gasteiger partial charge is 0.336 e. The number of hydrogen-bond donors (Lipinski definition) is 0. The standard InChI is InChI=1S/C23H18FNO4S/c1-25(23(16-5-3-2-4-6-16)17-7-10-19(24)11-8-17)30(27,28)20-12-13-21-18(15-20)9-14-22(26)29-21/h2-15,23H,1H3/t23-/m0/s1. The van der Waals surface area contributed by atoms with E-state index < -0.39 is 27.5 Å². The first-order valence-electron chi connectivity index (χ1n) is 9.18. The highest BCUT2D eigenvalue weighted by Crippen LogP contribution is 2.32. The fourth-order valence-electron chi connectivity index (χ4n) is 3.41. The lowest BCUT2D eigenvalue weighted by atomic mass is 9.99. The van der Waals surface area contributed by atoms with Gasteiger partial charge in [-0.15, -0.1) is 0 Å². The zero-order valence-corrected chi connectivity index (χ0v) is 16.8. The zero-order valence-electron chi connectivity index (χ0n) is 16.0. The Labute approximate surface area is 173 Å². The predicted octanol–water partition coefficient (Wildman–Crippen LogP) is 4.34. The van der Waals surface area contributed by atoms with Gasteiger partial charge in [-0.05, 0) is 47.5 Å². The summed E-state index contributed by atoms with van der Waals surface area (Å²) in [4.78, 5) is 11.4. The lowest BCUT2D eigenvalue weighted by molar-refractivity contribution is 0.417. The molecule has 0 bridgehead atoms. The van der Waals surface area contributed by atoms with E-state index in [1.54, 1.807) is 12.1 Å². The summed E-state index contributed by atoms with van der Waals surface area (Å²) in [5.41, 5.74) is 1.19. The molecule has 0 amide bonds. The number of sulfonamides is 1. The maximum absolute atomic E-state index is 13.5. The molecule has 0 fully saturated rings. The average Bonchev–Trinajstić information content (AvgIpc) is 2.75. The molecule has 4 rings (SSSR count). The van der Waals surface area contributed by atoms with Crippen molar-refractivity contribution in [3.05, 3.63) is 112 Å². The van der Waals surface area contributed by atoms with E-state index in [-0.39, 0.29) is 4.90 Å². The largest absolute Gasteiger partial charge is 0.423 e. The van der Waals surface area contributed by atoms with Crippen LogP contribution in [-0.4, -0.2) is 19.8 Å². The van der Waals surface area contributed by atoms with Crippen LogP contribution < -0.4 is 5.63 Å². The van der Waals surface area contributed by atoms with Crippen LogP contribution >= 0.6 is 0 Å². The first-order valence-corrected chi connectivity index (χ1v) is 10.6. The molecular formula is C23H18FNO4S. The summed E-state index contributed by atoms with van der Waals surface area (Å²) in [6.45, 7) is 0. The molecule has 0 radical (unpaired) electrons. The van der Waals surface area contributed by atoms with Gasteiger partial charge in [0.2, 0.25) is 10.0 Å². The summed E-state index contributed by atoms with van der Waals surface area (Å²) in [7, 11) is -2.43. The molecule has 0 saturated carbocycles. The second-order valence-electron chi connectivity index (χ2n) is 6.84. The number of rotatable bonds is 5. The van der Waals surface area contributed by atoms with E-state index in [4.69, 9.17) is 4.42 Å². The van der Waals surface area contributed by atoms with Gasteiger partial charge in [0.15, 0.2) is 0 Å². The highest BCUT2D eigenvalue weighted by atomic mass is 32.2. The second-order valence-corrected chi connectivity index (χ2v) is 8.84. The van der Waals surface area contributed by atoms with Crippen LogP contribution in [0.2, 0.25) is 0 Å². The Hall–Kier alpha value is -3.29. The van der Waals surface area contributed by atoms with Crippen LogP contribution in [0.4, 0.5) is 4.39 Å². The van der Waals surface area contributed by atoms with Gasteiger partial charge in [0.1, 0.15) is 11.4 Å². The van der Waals surface area contributed by atoms with Gasteiger partial charge in [-0.1, -0.05) is 42.5 Å². The Balaban J connectivity index is 1.82. The van der Waals surface area contributed by atoms with Gasteiger partial charge < -0.3 is 4.42 Å². The summed E-state index contributed by atoms with van der Waals surface area (Å²) >= 11 is 0. The molecule has 7 heteroatoms. The third kappa shape index (κ3) is 3.77. The Bertz CT molecular complexity index is 1350.